The summed E-state index contributed by atoms with van der Waals surface area (Å²) in [5, 5.41) is 27.9. The zero-order valence-corrected chi connectivity index (χ0v) is 10.7. The monoisotopic (exact) mass is 282 g/mol. The van der Waals surface area contributed by atoms with Gasteiger partial charge in [0.1, 0.15) is 5.56 Å². The highest BCUT2D eigenvalue weighted by atomic mass is 19.1. The van der Waals surface area contributed by atoms with Gasteiger partial charge in [0.05, 0.1) is 5.41 Å². The summed E-state index contributed by atoms with van der Waals surface area (Å²) < 4.78 is 13.7. The van der Waals surface area contributed by atoms with Gasteiger partial charge in [0, 0.05) is 0 Å². The van der Waals surface area contributed by atoms with Crippen molar-refractivity contribution in [3.05, 3.63) is 29.1 Å². The van der Waals surface area contributed by atoms with Crippen LogP contribution in [0.2, 0.25) is 0 Å². The summed E-state index contributed by atoms with van der Waals surface area (Å²) in [6.45, 7) is 0. The number of hydrogen-bond acceptors (Lipinski definition) is 3. The van der Waals surface area contributed by atoms with Gasteiger partial charge in [0.25, 0.3) is 0 Å². The first kappa shape index (κ1) is 14.3. The smallest absolute Gasteiger partial charge is 0.339 e. The summed E-state index contributed by atoms with van der Waals surface area (Å²) in [6.07, 6.45) is 2.97. The second kappa shape index (κ2) is 5.11. The van der Waals surface area contributed by atoms with E-state index in [-0.39, 0.29) is 5.56 Å². The highest BCUT2D eigenvalue weighted by Crippen LogP contribution is 2.41. The molecule has 0 atom stereocenters. The minimum absolute atomic E-state index is 0.109. The van der Waals surface area contributed by atoms with Crippen LogP contribution in [0.3, 0.4) is 0 Å². The van der Waals surface area contributed by atoms with Crippen LogP contribution in [0, 0.1) is 5.82 Å². The van der Waals surface area contributed by atoms with Crippen molar-refractivity contribution in [2.24, 2.45) is 0 Å². The summed E-state index contributed by atoms with van der Waals surface area (Å²) in [7, 11) is 0. The minimum Gasteiger partial charge on any atom is -0.504 e. The fourth-order valence-electron chi connectivity index (χ4n) is 2.82. The molecule has 0 amide bonds. The maximum Gasteiger partial charge on any atom is 0.339 e. The molecule has 1 aliphatic carbocycles. The van der Waals surface area contributed by atoms with Crippen LogP contribution in [0.15, 0.2) is 12.1 Å². The van der Waals surface area contributed by atoms with Crippen LogP contribution < -0.4 is 0 Å². The average molecular weight is 282 g/mol. The average Bonchev–Trinajstić information content (AvgIpc) is 2.41. The van der Waals surface area contributed by atoms with Crippen molar-refractivity contribution in [2.45, 2.75) is 37.5 Å². The number of aromatic carboxylic acids is 1. The normalized spacial score (nSPS) is 17.6. The molecule has 0 saturated heterocycles. The topological polar surface area (TPSA) is 94.8 Å². The van der Waals surface area contributed by atoms with Crippen LogP contribution in [-0.4, -0.2) is 27.3 Å². The molecule has 0 bridgehead atoms. The molecule has 3 N–H and O–H groups in total. The summed E-state index contributed by atoms with van der Waals surface area (Å²) in [6, 6.07) is 2.00. The van der Waals surface area contributed by atoms with Gasteiger partial charge < -0.3 is 15.3 Å². The molecule has 20 heavy (non-hydrogen) atoms. The Morgan fingerprint density at radius 2 is 1.70 bits per heavy atom. The second-order valence-electron chi connectivity index (χ2n) is 5.11. The number of carbonyl (C=O) groups is 2. The molecular weight excluding hydrogens is 267 g/mol. The molecule has 5 nitrogen and oxygen atoms in total. The Bertz CT molecular complexity index is 561. The van der Waals surface area contributed by atoms with E-state index in [0.29, 0.717) is 25.7 Å². The van der Waals surface area contributed by atoms with Gasteiger partial charge in [-0.1, -0.05) is 19.3 Å². The zero-order valence-electron chi connectivity index (χ0n) is 10.7. The quantitative estimate of drug-likeness (QED) is 0.791. The Kier molecular flexibility index (Phi) is 3.65. The first-order valence-corrected chi connectivity index (χ1v) is 6.38. The first-order chi connectivity index (χ1) is 9.38. The van der Waals surface area contributed by atoms with E-state index >= 15 is 0 Å². The largest absolute Gasteiger partial charge is 0.504 e. The van der Waals surface area contributed by atoms with Crippen LogP contribution in [0.1, 0.15) is 48.0 Å². The Labute approximate surface area is 114 Å². The van der Waals surface area contributed by atoms with E-state index in [9.17, 15) is 24.2 Å². The molecule has 0 heterocycles. The highest BCUT2D eigenvalue weighted by molar-refractivity contribution is 5.92. The number of aliphatic carboxylic acids is 1. The molecule has 1 aromatic rings. The molecule has 0 unspecified atom stereocenters. The van der Waals surface area contributed by atoms with Crippen LogP contribution in [-0.2, 0) is 10.2 Å². The number of aromatic hydroxyl groups is 1. The van der Waals surface area contributed by atoms with E-state index in [4.69, 9.17) is 5.11 Å². The summed E-state index contributed by atoms with van der Waals surface area (Å²) in [5.41, 5.74) is -1.76. The number of carboxylic acids is 2. The van der Waals surface area contributed by atoms with Crippen molar-refractivity contribution < 1.29 is 29.3 Å². The van der Waals surface area contributed by atoms with E-state index in [1.807, 2.05) is 0 Å². The summed E-state index contributed by atoms with van der Waals surface area (Å²) >= 11 is 0. The molecule has 0 spiro atoms. The minimum atomic E-state index is -1.49. The number of benzene rings is 1. The zero-order chi connectivity index (χ0) is 14.9. The van der Waals surface area contributed by atoms with Gasteiger partial charge in [0.2, 0.25) is 0 Å². The van der Waals surface area contributed by atoms with Crippen LogP contribution >= 0.6 is 0 Å². The second-order valence-corrected chi connectivity index (χ2v) is 5.11. The molecule has 108 valence electrons. The Hall–Kier alpha value is -2.11. The Morgan fingerprint density at radius 1 is 1.10 bits per heavy atom. The summed E-state index contributed by atoms with van der Waals surface area (Å²) in [4.78, 5) is 22.6. The van der Waals surface area contributed by atoms with Gasteiger partial charge in [-0.2, -0.15) is 0 Å². The van der Waals surface area contributed by atoms with E-state index < -0.39 is 34.5 Å². The third-order valence-electron chi connectivity index (χ3n) is 3.96. The maximum absolute atomic E-state index is 13.7. The SMILES string of the molecule is O=C(O)c1cc(C2(C(=O)O)CCCCC2)cc(F)c1O. The van der Waals surface area contributed by atoms with E-state index in [0.717, 1.165) is 18.6 Å². The number of halogens is 1. The Morgan fingerprint density at radius 3 is 2.20 bits per heavy atom. The molecule has 0 aliphatic heterocycles. The van der Waals surface area contributed by atoms with Crippen LogP contribution in [0.25, 0.3) is 0 Å². The van der Waals surface area contributed by atoms with Crippen molar-refractivity contribution in [3.63, 3.8) is 0 Å². The number of hydrogen-bond donors (Lipinski definition) is 3. The van der Waals surface area contributed by atoms with Crippen molar-refractivity contribution >= 4 is 11.9 Å². The third kappa shape index (κ3) is 2.21. The van der Waals surface area contributed by atoms with Crippen molar-refractivity contribution in [3.8, 4) is 5.75 Å². The van der Waals surface area contributed by atoms with Gasteiger partial charge in [-0.3, -0.25) is 4.79 Å². The fourth-order valence-corrected chi connectivity index (χ4v) is 2.82. The summed E-state index contributed by atoms with van der Waals surface area (Å²) in [5.74, 6) is -4.64. The molecule has 0 radical (unpaired) electrons. The van der Waals surface area contributed by atoms with Gasteiger partial charge in [0.15, 0.2) is 11.6 Å². The third-order valence-corrected chi connectivity index (χ3v) is 3.96. The fraction of sp³-hybridized carbons (Fsp3) is 0.429. The van der Waals surface area contributed by atoms with Crippen molar-refractivity contribution in [1.29, 1.82) is 0 Å². The lowest BCUT2D eigenvalue weighted by molar-refractivity contribution is -0.145. The molecule has 2 rings (SSSR count). The van der Waals surface area contributed by atoms with Gasteiger partial charge in [-0.05, 0) is 30.5 Å². The number of rotatable bonds is 3. The lowest BCUT2D eigenvalue weighted by atomic mass is 9.69. The predicted molar refractivity (Wildman–Crippen MR) is 67.4 cm³/mol. The van der Waals surface area contributed by atoms with E-state index in [1.165, 1.54) is 0 Å². The van der Waals surface area contributed by atoms with Gasteiger partial charge in [-0.15, -0.1) is 0 Å². The molecule has 1 aliphatic rings. The van der Waals surface area contributed by atoms with E-state index in [2.05, 4.69) is 0 Å². The lowest BCUT2D eigenvalue weighted by Gasteiger charge is -2.33. The molecular formula is C14H15FO5. The van der Waals surface area contributed by atoms with E-state index in [1.54, 1.807) is 0 Å². The first-order valence-electron chi connectivity index (χ1n) is 6.38. The van der Waals surface area contributed by atoms with Gasteiger partial charge in [-0.25, -0.2) is 9.18 Å². The molecule has 0 aromatic heterocycles. The molecule has 1 aromatic carbocycles. The van der Waals surface area contributed by atoms with Crippen molar-refractivity contribution in [2.75, 3.05) is 0 Å². The van der Waals surface area contributed by atoms with Gasteiger partial charge >= 0.3 is 11.9 Å². The van der Waals surface area contributed by atoms with Crippen LogP contribution in [0.4, 0.5) is 4.39 Å². The van der Waals surface area contributed by atoms with Crippen molar-refractivity contribution in [1.82, 2.24) is 0 Å². The Balaban J connectivity index is 2.60. The molecule has 1 fully saturated rings. The number of phenols is 1. The molecule has 1 saturated carbocycles. The maximum atomic E-state index is 13.7. The standard InChI is InChI=1S/C14H15FO5/c15-10-7-8(6-9(11(10)16)12(17)18)14(13(19)20)4-2-1-3-5-14/h6-7,16H,1-5H2,(H,17,18)(H,19,20). The lowest BCUT2D eigenvalue weighted by Crippen LogP contribution is -2.38. The molecule has 6 heteroatoms. The highest BCUT2D eigenvalue weighted by Gasteiger charge is 2.42. The van der Waals surface area contributed by atoms with Crippen LogP contribution in [0.5, 0.6) is 5.75 Å². The number of carboxylic acid groups (broad SMARTS) is 2. The predicted octanol–water partition coefficient (Wildman–Crippen LogP) is 2.52.